The summed E-state index contributed by atoms with van der Waals surface area (Å²) in [6.45, 7) is 19.5. The number of rotatable bonds is 6. The Balaban J connectivity index is 0. The van der Waals surface area contributed by atoms with Crippen LogP contribution in [-0.2, 0) is 17.8 Å². The first-order valence-corrected chi connectivity index (χ1v) is 12.2. The highest BCUT2D eigenvalue weighted by Crippen LogP contribution is 2.30. The van der Waals surface area contributed by atoms with E-state index in [0.717, 1.165) is 37.6 Å². The second kappa shape index (κ2) is 24.3. The quantitative estimate of drug-likeness (QED) is 0.428. The lowest BCUT2D eigenvalue weighted by molar-refractivity contribution is 0.121. The van der Waals surface area contributed by atoms with Crippen LogP contribution >= 0.6 is 0 Å². The summed E-state index contributed by atoms with van der Waals surface area (Å²) in [7, 11) is 0. The summed E-state index contributed by atoms with van der Waals surface area (Å²) in [5.41, 5.74) is 2.54. The van der Waals surface area contributed by atoms with Gasteiger partial charge in [0.2, 0.25) is 0 Å². The van der Waals surface area contributed by atoms with Gasteiger partial charge in [0.05, 0.1) is 6.61 Å². The van der Waals surface area contributed by atoms with E-state index >= 15 is 0 Å². The van der Waals surface area contributed by atoms with Gasteiger partial charge in [-0.25, -0.2) is 0 Å². The van der Waals surface area contributed by atoms with Crippen molar-refractivity contribution in [1.29, 1.82) is 0 Å². The Morgan fingerprint density at radius 3 is 1.77 bits per heavy atom. The Labute approximate surface area is 193 Å². The van der Waals surface area contributed by atoms with Gasteiger partial charge in [0.1, 0.15) is 13.2 Å². The molecule has 3 heteroatoms. The van der Waals surface area contributed by atoms with Crippen molar-refractivity contribution in [3.63, 3.8) is 0 Å². The standard InChI is InChI=1S/C10H12O2.C10H14O.C4H10.2C2H6/c1-2-8-3-4-9-10(7-8)12-6-5-11-9;1-2-8-11-9-10-6-4-3-5-7-10;1-3-4-2;2*1-2/h3-4,7H,2,5-6H2,1H3;3-7H,2,8-9H2,1H3;3-4H2,1-2H3;2*1-2H3. The van der Waals surface area contributed by atoms with E-state index in [1.165, 1.54) is 24.0 Å². The average molecular weight is 433 g/mol. The number of benzene rings is 2. The molecule has 3 nitrogen and oxygen atoms in total. The van der Waals surface area contributed by atoms with Crippen LogP contribution in [0.4, 0.5) is 0 Å². The third-order valence-corrected chi connectivity index (χ3v) is 3.97. The number of hydrogen-bond donors (Lipinski definition) is 0. The van der Waals surface area contributed by atoms with Gasteiger partial charge in [0.15, 0.2) is 11.5 Å². The molecule has 1 aliphatic heterocycles. The molecule has 0 aliphatic carbocycles. The lowest BCUT2D eigenvalue weighted by Crippen LogP contribution is -2.15. The Morgan fingerprint density at radius 2 is 1.26 bits per heavy atom. The molecule has 0 spiro atoms. The van der Waals surface area contributed by atoms with Crippen LogP contribution < -0.4 is 9.47 Å². The van der Waals surface area contributed by atoms with Gasteiger partial charge in [-0.3, -0.25) is 0 Å². The van der Waals surface area contributed by atoms with Gasteiger partial charge in [-0.2, -0.15) is 0 Å². The summed E-state index contributed by atoms with van der Waals surface area (Å²) in [5.74, 6) is 1.76. The molecule has 31 heavy (non-hydrogen) atoms. The third kappa shape index (κ3) is 16.4. The molecule has 0 N–H and O–H groups in total. The van der Waals surface area contributed by atoms with Crippen molar-refractivity contribution in [2.45, 2.75) is 87.7 Å². The molecular formula is C28H48O3. The molecule has 0 saturated heterocycles. The van der Waals surface area contributed by atoms with E-state index in [-0.39, 0.29) is 0 Å². The van der Waals surface area contributed by atoms with Crippen LogP contribution in [0.3, 0.4) is 0 Å². The molecule has 0 radical (unpaired) electrons. The van der Waals surface area contributed by atoms with Gasteiger partial charge in [-0.05, 0) is 36.1 Å². The Bertz CT molecular complexity index is 594. The number of fused-ring (bicyclic) bond motifs is 1. The topological polar surface area (TPSA) is 27.7 Å². The number of unbranched alkanes of at least 4 members (excludes halogenated alkanes) is 1. The molecule has 3 rings (SSSR count). The molecule has 0 unspecified atom stereocenters. The molecule has 0 aromatic heterocycles. The summed E-state index contributed by atoms with van der Waals surface area (Å²) in [4.78, 5) is 0. The molecular weight excluding hydrogens is 384 g/mol. The van der Waals surface area contributed by atoms with Gasteiger partial charge in [-0.15, -0.1) is 0 Å². The largest absolute Gasteiger partial charge is 0.486 e. The van der Waals surface area contributed by atoms with E-state index in [0.29, 0.717) is 13.2 Å². The summed E-state index contributed by atoms with van der Waals surface area (Å²) in [6, 6.07) is 16.3. The molecule has 1 heterocycles. The van der Waals surface area contributed by atoms with Crippen LogP contribution in [0.2, 0.25) is 0 Å². The zero-order chi connectivity index (χ0) is 23.7. The van der Waals surface area contributed by atoms with Crippen molar-refractivity contribution >= 4 is 0 Å². The molecule has 0 bridgehead atoms. The highest BCUT2D eigenvalue weighted by Gasteiger charge is 2.10. The van der Waals surface area contributed by atoms with E-state index in [9.17, 15) is 0 Å². The van der Waals surface area contributed by atoms with E-state index < -0.39 is 0 Å². The van der Waals surface area contributed by atoms with Crippen molar-refractivity contribution in [2.24, 2.45) is 0 Å². The Kier molecular flexibility index (Phi) is 24.4. The Morgan fingerprint density at radius 1 is 0.677 bits per heavy atom. The fourth-order valence-electron chi connectivity index (χ4n) is 2.22. The lowest BCUT2D eigenvalue weighted by Gasteiger charge is -2.18. The zero-order valence-electron chi connectivity index (χ0n) is 21.5. The molecule has 0 amide bonds. The summed E-state index contributed by atoms with van der Waals surface area (Å²) >= 11 is 0. The number of ether oxygens (including phenoxy) is 3. The molecule has 0 atom stereocenters. The van der Waals surface area contributed by atoms with Crippen molar-refractivity contribution in [3.8, 4) is 11.5 Å². The minimum absolute atomic E-state index is 0.665. The predicted molar refractivity (Wildman–Crippen MR) is 136 cm³/mol. The first kappa shape index (κ1) is 31.2. The first-order valence-electron chi connectivity index (χ1n) is 12.2. The van der Waals surface area contributed by atoms with Gasteiger partial charge in [-0.1, -0.05) is 105 Å². The minimum Gasteiger partial charge on any atom is -0.486 e. The minimum atomic E-state index is 0.665. The van der Waals surface area contributed by atoms with Crippen LogP contribution in [-0.4, -0.2) is 19.8 Å². The fourth-order valence-corrected chi connectivity index (χ4v) is 2.22. The molecule has 1 aliphatic rings. The molecule has 0 fully saturated rings. The first-order chi connectivity index (χ1) is 15.2. The van der Waals surface area contributed by atoms with Crippen molar-refractivity contribution < 1.29 is 14.2 Å². The third-order valence-electron chi connectivity index (χ3n) is 3.97. The second-order valence-electron chi connectivity index (χ2n) is 6.37. The Hall–Kier alpha value is -2.00. The normalized spacial score (nSPS) is 10.5. The van der Waals surface area contributed by atoms with Gasteiger partial charge in [0, 0.05) is 6.61 Å². The van der Waals surface area contributed by atoms with Crippen LogP contribution in [0, 0.1) is 0 Å². The van der Waals surface area contributed by atoms with Crippen molar-refractivity contribution in [1.82, 2.24) is 0 Å². The molecule has 2 aromatic carbocycles. The van der Waals surface area contributed by atoms with E-state index in [1.807, 2.05) is 52.0 Å². The highest BCUT2D eigenvalue weighted by atomic mass is 16.6. The van der Waals surface area contributed by atoms with E-state index in [2.05, 4.69) is 52.0 Å². The van der Waals surface area contributed by atoms with Gasteiger partial charge < -0.3 is 14.2 Å². The molecule has 0 saturated carbocycles. The molecule has 178 valence electrons. The van der Waals surface area contributed by atoms with E-state index in [1.54, 1.807) is 0 Å². The van der Waals surface area contributed by atoms with Crippen LogP contribution in [0.5, 0.6) is 11.5 Å². The summed E-state index contributed by atoms with van der Waals surface area (Å²) in [6.07, 6.45) is 4.77. The summed E-state index contributed by atoms with van der Waals surface area (Å²) < 4.78 is 16.2. The second-order valence-corrected chi connectivity index (χ2v) is 6.37. The van der Waals surface area contributed by atoms with Gasteiger partial charge >= 0.3 is 0 Å². The SMILES string of the molecule is CC.CC.CCCC.CCCOCc1ccccc1.CCc1ccc2c(c1)OCCO2. The fraction of sp³-hybridized carbons (Fsp3) is 0.571. The smallest absolute Gasteiger partial charge is 0.161 e. The average Bonchev–Trinajstić information content (AvgIpc) is 2.87. The van der Waals surface area contributed by atoms with Gasteiger partial charge in [0.25, 0.3) is 0 Å². The van der Waals surface area contributed by atoms with E-state index in [4.69, 9.17) is 14.2 Å². The van der Waals surface area contributed by atoms with Crippen LogP contribution in [0.25, 0.3) is 0 Å². The zero-order valence-corrected chi connectivity index (χ0v) is 21.5. The van der Waals surface area contributed by atoms with Crippen LogP contribution in [0.15, 0.2) is 48.5 Å². The maximum atomic E-state index is 5.44. The predicted octanol–water partition coefficient (Wildman–Crippen LogP) is 8.49. The monoisotopic (exact) mass is 432 g/mol. The molecule has 2 aromatic rings. The maximum absolute atomic E-state index is 5.44. The number of hydrogen-bond acceptors (Lipinski definition) is 3. The summed E-state index contributed by atoms with van der Waals surface area (Å²) in [5, 5.41) is 0. The highest BCUT2D eigenvalue weighted by molar-refractivity contribution is 5.43. The van der Waals surface area contributed by atoms with Crippen LogP contribution in [0.1, 0.15) is 85.8 Å². The van der Waals surface area contributed by atoms with Crippen molar-refractivity contribution in [3.05, 3.63) is 59.7 Å². The lowest BCUT2D eigenvalue weighted by atomic mass is 10.1. The number of aryl methyl sites for hydroxylation is 1. The maximum Gasteiger partial charge on any atom is 0.161 e. The van der Waals surface area contributed by atoms with Crippen molar-refractivity contribution in [2.75, 3.05) is 19.8 Å².